The number of carbonyl (C=O) groups is 2. The minimum atomic E-state index is 0.0202. The number of anilines is 1. The molecule has 0 atom stereocenters. The average molecular weight is 628 g/mol. The molecule has 0 aliphatic heterocycles. The number of aliphatic hydroxyl groups is 2. The standard InChI is InChI=1S/C16H15N3O2S.C15H14N4O2S/c20-7-12-6-17-19-13(3-10-1-2-10)5-15(18-16(12)19)11-4-14(8-21)22-9-11;20-6-10-5-16-19-14(17-11-1-2-11)4-13(18-15(10)19)9-3-12(7-21)22-8-9/h4-7,9-10,21H,1-3,8H2;3-6,8,11,17,21H,1-2,7H2. The third-order valence-electron chi connectivity index (χ3n) is 7.66. The zero-order valence-corrected chi connectivity index (χ0v) is 25.2. The van der Waals surface area contributed by atoms with Crippen LogP contribution >= 0.6 is 22.7 Å². The van der Waals surface area contributed by atoms with E-state index in [0.29, 0.717) is 28.5 Å². The molecule has 2 aliphatic rings. The number of hydrogen-bond donors (Lipinski definition) is 3. The summed E-state index contributed by atoms with van der Waals surface area (Å²) in [4.78, 5) is 33.3. The quantitative estimate of drug-likeness (QED) is 0.178. The van der Waals surface area contributed by atoms with Crippen LogP contribution in [0.4, 0.5) is 5.82 Å². The Balaban J connectivity index is 0.000000142. The predicted molar refractivity (Wildman–Crippen MR) is 168 cm³/mol. The van der Waals surface area contributed by atoms with E-state index in [4.69, 9.17) is 0 Å². The summed E-state index contributed by atoms with van der Waals surface area (Å²) >= 11 is 3.00. The van der Waals surface area contributed by atoms with Crippen LogP contribution in [0.3, 0.4) is 0 Å². The monoisotopic (exact) mass is 627 g/mol. The maximum atomic E-state index is 11.2. The molecule has 2 aliphatic carbocycles. The second-order valence-corrected chi connectivity index (χ2v) is 13.0. The normalized spacial score (nSPS) is 14.5. The van der Waals surface area contributed by atoms with Crippen LogP contribution in [0.1, 0.15) is 61.8 Å². The number of aromatic nitrogens is 6. The van der Waals surface area contributed by atoms with E-state index in [0.717, 1.165) is 81.5 Å². The summed E-state index contributed by atoms with van der Waals surface area (Å²) in [6.45, 7) is 0.0560. The summed E-state index contributed by atoms with van der Waals surface area (Å²) in [6.07, 6.45) is 10.4. The van der Waals surface area contributed by atoms with Gasteiger partial charge in [-0.3, -0.25) is 9.59 Å². The van der Waals surface area contributed by atoms with Gasteiger partial charge in [-0.2, -0.15) is 14.7 Å². The minimum Gasteiger partial charge on any atom is -0.391 e. The molecule has 3 N–H and O–H groups in total. The topological polar surface area (TPSA) is 147 Å². The summed E-state index contributed by atoms with van der Waals surface area (Å²) in [5.41, 5.74) is 6.76. The molecule has 6 heterocycles. The van der Waals surface area contributed by atoms with E-state index in [1.807, 2.05) is 29.0 Å². The van der Waals surface area contributed by atoms with E-state index >= 15 is 0 Å². The van der Waals surface area contributed by atoms with Gasteiger partial charge in [0.15, 0.2) is 23.9 Å². The Labute approximate surface area is 259 Å². The molecular formula is C31H29N7O4S2. The van der Waals surface area contributed by atoms with Gasteiger partial charge in [-0.05, 0) is 56.2 Å². The highest BCUT2D eigenvalue weighted by Crippen LogP contribution is 2.34. The Kier molecular flexibility index (Phi) is 7.77. The lowest BCUT2D eigenvalue weighted by Crippen LogP contribution is -2.08. The lowest BCUT2D eigenvalue weighted by atomic mass is 10.1. The number of nitrogens with zero attached hydrogens (tertiary/aromatic N) is 6. The van der Waals surface area contributed by atoms with Crippen molar-refractivity contribution < 1.29 is 19.8 Å². The van der Waals surface area contributed by atoms with Gasteiger partial charge in [0.05, 0.1) is 48.1 Å². The van der Waals surface area contributed by atoms with Crippen molar-refractivity contribution in [2.45, 2.75) is 51.4 Å². The van der Waals surface area contributed by atoms with E-state index in [1.54, 1.807) is 15.2 Å². The molecule has 6 aromatic heterocycles. The number of aldehydes is 2. The number of thiophene rings is 2. The number of aliphatic hydroxyl groups excluding tert-OH is 2. The molecule has 44 heavy (non-hydrogen) atoms. The Morgan fingerprint density at radius 2 is 1.36 bits per heavy atom. The van der Waals surface area contributed by atoms with E-state index in [9.17, 15) is 19.8 Å². The van der Waals surface area contributed by atoms with Crippen molar-refractivity contribution in [3.63, 3.8) is 0 Å². The molecule has 0 unspecified atom stereocenters. The van der Waals surface area contributed by atoms with Crippen LogP contribution in [0, 0.1) is 5.92 Å². The van der Waals surface area contributed by atoms with Crippen molar-refractivity contribution >= 4 is 52.4 Å². The molecule has 2 saturated carbocycles. The molecular weight excluding hydrogens is 599 g/mol. The smallest absolute Gasteiger partial charge is 0.168 e. The van der Waals surface area contributed by atoms with Gasteiger partial charge in [-0.15, -0.1) is 22.7 Å². The molecule has 0 aromatic carbocycles. The highest BCUT2D eigenvalue weighted by molar-refractivity contribution is 7.10. The van der Waals surface area contributed by atoms with Crippen LogP contribution < -0.4 is 5.32 Å². The van der Waals surface area contributed by atoms with Crippen LogP contribution in [-0.4, -0.2) is 58.0 Å². The van der Waals surface area contributed by atoms with Crippen LogP contribution in [0.2, 0.25) is 0 Å². The second-order valence-electron chi connectivity index (χ2n) is 11.1. The number of hydrogen-bond acceptors (Lipinski definition) is 11. The van der Waals surface area contributed by atoms with Crippen molar-refractivity contribution in [3.8, 4) is 22.5 Å². The first kappa shape index (κ1) is 28.5. The summed E-state index contributed by atoms with van der Waals surface area (Å²) in [5.74, 6) is 1.56. The summed E-state index contributed by atoms with van der Waals surface area (Å²) < 4.78 is 3.45. The first-order valence-corrected chi connectivity index (χ1v) is 16.1. The SMILES string of the molecule is O=Cc1cnn2c(CC3CC3)cc(-c3csc(CO)c3)nc12.O=Cc1cnn2c(NC3CC3)cc(-c3csc(CO)c3)nc12. The molecule has 8 rings (SSSR count). The number of carbonyl (C=O) groups excluding carboxylic acids is 2. The van der Waals surface area contributed by atoms with E-state index in [1.165, 1.54) is 41.7 Å². The van der Waals surface area contributed by atoms with Gasteiger partial charge in [0.2, 0.25) is 0 Å². The molecule has 13 heteroatoms. The Bertz CT molecular complexity index is 1840. The second kappa shape index (κ2) is 12.0. The predicted octanol–water partition coefficient (Wildman–Crippen LogP) is 5.05. The first-order valence-electron chi connectivity index (χ1n) is 14.4. The van der Waals surface area contributed by atoms with Crippen molar-refractivity contribution in [1.82, 2.24) is 29.2 Å². The minimum absolute atomic E-state index is 0.0202. The van der Waals surface area contributed by atoms with Gasteiger partial charge in [0, 0.05) is 49.4 Å². The van der Waals surface area contributed by atoms with Gasteiger partial charge >= 0.3 is 0 Å². The van der Waals surface area contributed by atoms with Crippen LogP contribution in [0.15, 0.2) is 47.4 Å². The molecule has 0 spiro atoms. The highest BCUT2D eigenvalue weighted by Gasteiger charge is 2.25. The lowest BCUT2D eigenvalue weighted by Gasteiger charge is -2.09. The van der Waals surface area contributed by atoms with Crippen LogP contribution in [0.5, 0.6) is 0 Å². The van der Waals surface area contributed by atoms with Crippen molar-refractivity contribution in [2.24, 2.45) is 5.92 Å². The molecule has 0 amide bonds. The molecule has 0 radical (unpaired) electrons. The number of fused-ring (bicyclic) bond motifs is 2. The summed E-state index contributed by atoms with van der Waals surface area (Å²) in [6, 6.07) is 8.33. The lowest BCUT2D eigenvalue weighted by molar-refractivity contribution is 0.111. The largest absolute Gasteiger partial charge is 0.391 e. The van der Waals surface area contributed by atoms with Crippen molar-refractivity contribution in [3.05, 3.63) is 74.0 Å². The molecule has 2 fully saturated rings. The molecule has 11 nitrogen and oxygen atoms in total. The van der Waals surface area contributed by atoms with Crippen LogP contribution in [0.25, 0.3) is 33.8 Å². The third-order valence-corrected chi connectivity index (χ3v) is 9.50. The molecule has 6 aromatic rings. The fourth-order valence-corrected chi connectivity index (χ4v) is 6.46. The summed E-state index contributed by atoms with van der Waals surface area (Å²) in [5, 5.41) is 34.4. The Hall–Kier alpha value is -4.30. The van der Waals surface area contributed by atoms with E-state index in [-0.39, 0.29) is 13.2 Å². The van der Waals surface area contributed by atoms with E-state index in [2.05, 4.69) is 31.5 Å². The molecule has 0 bridgehead atoms. The maximum Gasteiger partial charge on any atom is 0.168 e. The Morgan fingerprint density at radius 3 is 1.89 bits per heavy atom. The highest BCUT2D eigenvalue weighted by atomic mass is 32.1. The molecule has 0 saturated heterocycles. The van der Waals surface area contributed by atoms with Gasteiger partial charge in [0.25, 0.3) is 0 Å². The van der Waals surface area contributed by atoms with Gasteiger partial charge < -0.3 is 15.5 Å². The van der Waals surface area contributed by atoms with E-state index < -0.39 is 0 Å². The fraction of sp³-hybridized carbons (Fsp3) is 0.290. The maximum absolute atomic E-state index is 11.2. The number of nitrogens with one attached hydrogen (secondary N) is 1. The van der Waals surface area contributed by atoms with Gasteiger partial charge in [0.1, 0.15) is 5.82 Å². The molecule has 224 valence electrons. The first-order chi connectivity index (χ1) is 21.6. The zero-order valence-electron chi connectivity index (χ0n) is 23.6. The average Bonchev–Trinajstić information content (AvgIpc) is 3.76. The number of rotatable bonds is 10. The van der Waals surface area contributed by atoms with Crippen LogP contribution in [-0.2, 0) is 19.6 Å². The van der Waals surface area contributed by atoms with Crippen molar-refractivity contribution in [2.75, 3.05) is 5.32 Å². The fourth-order valence-electron chi connectivity index (χ4n) is 4.98. The third kappa shape index (κ3) is 5.78. The van der Waals surface area contributed by atoms with Gasteiger partial charge in [-0.1, -0.05) is 0 Å². The van der Waals surface area contributed by atoms with Gasteiger partial charge in [-0.25, -0.2) is 14.5 Å². The Morgan fingerprint density at radius 1 is 0.795 bits per heavy atom. The van der Waals surface area contributed by atoms with Crippen molar-refractivity contribution in [1.29, 1.82) is 0 Å². The zero-order chi connectivity index (χ0) is 30.2. The summed E-state index contributed by atoms with van der Waals surface area (Å²) in [7, 11) is 0.